The highest BCUT2D eigenvalue weighted by molar-refractivity contribution is 7.89. The first-order chi connectivity index (χ1) is 12.1. The van der Waals surface area contributed by atoms with E-state index in [9.17, 15) is 13.2 Å². The number of benzene rings is 2. The van der Waals surface area contributed by atoms with Crippen molar-refractivity contribution in [3.05, 3.63) is 65.2 Å². The van der Waals surface area contributed by atoms with Gasteiger partial charge in [-0.1, -0.05) is 62.7 Å². The number of hydrogen-bond donors (Lipinski definition) is 0. The summed E-state index contributed by atoms with van der Waals surface area (Å²) >= 11 is 0. The molecule has 0 aromatic heterocycles. The van der Waals surface area contributed by atoms with E-state index >= 15 is 0 Å². The van der Waals surface area contributed by atoms with Gasteiger partial charge in [0.15, 0.2) is 5.78 Å². The van der Waals surface area contributed by atoms with Crippen LogP contribution in [0, 0.1) is 12.3 Å². The molecule has 0 radical (unpaired) electrons. The van der Waals surface area contributed by atoms with Crippen LogP contribution in [-0.4, -0.2) is 25.1 Å². The Balaban J connectivity index is 2.13. The number of sulfonamides is 1. The number of carbonyl (C=O) groups excluding carboxylic acids is 1. The Kier molecular flexibility index (Phi) is 4.80. The first-order valence-electron chi connectivity index (χ1n) is 8.83. The highest BCUT2D eigenvalue weighted by atomic mass is 32.2. The van der Waals surface area contributed by atoms with Crippen molar-refractivity contribution in [1.29, 1.82) is 0 Å². The van der Waals surface area contributed by atoms with Crippen molar-refractivity contribution in [2.24, 2.45) is 5.41 Å². The molecule has 1 atom stereocenters. The minimum atomic E-state index is -3.76. The first kappa shape index (κ1) is 18.8. The van der Waals surface area contributed by atoms with Crippen molar-refractivity contribution in [3.63, 3.8) is 0 Å². The zero-order chi connectivity index (χ0) is 19.1. The van der Waals surface area contributed by atoms with E-state index in [-0.39, 0.29) is 10.7 Å². The Bertz CT molecular complexity index is 924. The molecule has 0 spiro atoms. The lowest BCUT2D eigenvalue weighted by Crippen LogP contribution is -2.46. The summed E-state index contributed by atoms with van der Waals surface area (Å²) < 4.78 is 28.0. The maximum absolute atomic E-state index is 13.3. The van der Waals surface area contributed by atoms with Gasteiger partial charge in [-0.25, -0.2) is 8.42 Å². The molecule has 4 nitrogen and oxygen atoms in total. The topological polar surface area (TPSA) is 54.5 Å². The van der Waals surface area contributed by atoms with Gasteiger partial charge in [-0.15, -0.1) is 0 Å². The Labute approximate surface area is 155 Å². The van der Waals surface area contributed by atoms with Crippen LogP contribution in [0.4, 0.5) is 0 Å². The molecular weight excluding hydrogens is 346 g/mol. The largest absolute Gasteiger partial charge is 0.297 e. The SMILES string of the molecule is Cc1ccc(S(=O)(=O)N2CCc3ccccc3C2C(=O)C(C)(C)C)cc1. The maximum Gasteiger partial charge on any atom is 0.244 e. The predicted molar refractivity (Wildman–Crippen MR) is 102 cm³/mol. The van der Waals surface area contributed by atoms with Gasteiger partial charge in [0.1, 0.15) is 6.04 Å². The molecule has 0 fully saturated rings. The van der Waals surface area contributed by atoms with Gasteiger partial charge in [-0.3, -0.25) is 4.79 Å². The second-order valence-electron chi connectivity index (χ2n) is 7.89. The van der Waals surface area contributed by atoms with Crippen LogP contribution < -0.4 is 0 Å². The molecule has 0 saturated carbocycles. The zero-order valence-electron chi connectivity index (χ0n) is 15.7. The molecule has 138 valence electrons. The van der Waals surface area contributed by atoms with Crippen molar-refractivity contribution in [2.75, 3.05) is 6.54 Å². The average Bonchev–Trinajstić information content (AvgIpc) is 2.59. The smallest absolute Gasteiger partial charge is 0.244 e. The average molecular weight is 372 g/mol. The van der Waals surface area contributed by atoms with Gasteiger partial charge in [0, 0.05) is 12.0 Å². The molecule has 0 N–H and O–H groups in total. The van der Waals surface area contributed by atoms with E-state index < -0.39 is 21.5 Å². The lowest BCUT2D eigenvalue weighted by Gasteiger charge is -2.38. The van der Waals surface area contributed by atoms with Crippen molar-refractivity contribution >= 4 is 15.8 Å². The molecule has 2 aromatic carbocycles. The molecule has 0 aliphatic carbocycles. The van der Waals surface area contributed by atoms with Gasteiger partial charge in [0.2, 0.25) is 10.0 Å². The molecular formula is C21H25NO3S. The molecule has 1 heterocycles. The monoisotopic (exact) mass is 371 g/mol. The van der Waals surface area contributed by atoms with E-state index in [1.807, 2.05) is 52.0 Å². The van der Waals surface area contributed by atoms with Crippen molar-refractivity contribution in [1.82, 2.24) is 4.31 Å². The number of ketones is 1. The molecule has 0 bridgehead atoms. The van der Waals surface area contributed by atoms with Crippen LogP contribution in [0.15, 0.2) is 53.4 Å². The molecule has 3 rings (SSSR count). The summed E-state index contributed by atoms with van der Waals surface area (Å²) in [6.45, 7) is 7.73. The summed E-state index contributed by atoms with van der Waals surface area (Å²) in [4.78, 5) is 13.4. The summed E-state index contributed by atoms with van der Waals surface area (Å²) in [5, 5.41) is 0. The molecule has 2 aromatic rings. The van der Waals surface area contributed by atoms with Gasteiger partial charge in [0.25, 0.3) is 0 Å². The molecule has 1 unspecified atom stereocenters. The Morgan fingerprint density at radius 2 is 1.65 bits per heavy atom. The van der Waals surface area contributed by atoms with Crippen LogP contribution in [0.5, 0.6) is 0 Å². The molecule has 0 saturated heterocycles. The van der Waals surface area contributed by atoms with Crippen LogP contribution >= 0.6 is 0 Å². The summed E-state index contributed by atoms with van der Waals surface area (Å²) in [6.07, 6.45) is 0.606. The third-order valence-corrected chi connectivity index (χ3v) is 6.73. The quantitative estimate of drug-likeness (QED) is 0.822. The summed E-state index contributed by atoms with van der Waals surface area (Å²) in [7, 11) is -3.76. The van der Waals surface area contributed by atoms with Crippen molar-refractivity contribution in [3.8, 4) is 0 Å². The fourth-order valence-corrected chi connectivity index (χ4v) is 4.90. The van der Waals surface area contributed by atoms with E-state index in [1.54, 1.807) is 24.3 Å². The standard InChI is InChI=1S/C21H25NO3S/c1-15-9-11-17(12-10-15)26(24,25)22-14-13-16-7-5-6-8-18(16)19(22)20(23)21(2,3)4/h5-12,19H,13-14H2,1-4H3. The van der Waals surface area contributed by atoms with Crippen molar-refractivity contribution < 1.29 is 13.2 Å². The van der Waals surface area contributed by atoms with Gasteiger partial charge >= 0.3 is 0 Å². The lowest BCUT2D eigenvalue weighted by molar-refractivity contribution is -0.130. The number of nitrogens with zero attached hydrogens (tertiary/aromatic N) is 1. The number of carbonyl (C=O) groups is 1. The van der Waals surface area contributed by atoms with E-state index in [0.29, 0.717) is 13.0 Å². The van der Waals surface area contributed by atoms with Crippen molar-refractivity contribution in [2.45, 2.75) is 45.1 Å². The van der Waals surface area contributed by atoms with Gasteiger partial charge in [0.05, 0.1) is 4.90 Å². The molecule has 5 heteroatoms. The Hall–Kier alpha value is -1.98. The fraction of sp³-hybridized carbons (Fsp3) is 0.381. The second kappa shape index (κ2) is 6.63. The van der Waals surface area contributed by atoms with Crippen LogP contribution in [0.25, 0.3) is 0 Å². The third kappa shape index (κ3) is 3.33. The van der Waals surface area contributed by atoms with E-state index in [0.717, 1.165) is 16.7 Å². The number of rotatable bonds is 3. The van der Waals surface area contributed by atoms with Gasteiger partial charge < -0.3 is 0 Å². The Morgan fingerprint density at radius 1 is 1.04 bits per heavy atom. The summed E-state index contributed by atoms with van der Waals surface area (Å²) in [5.41, 5.74) is 2.20. The number of Topliss-reactive ketones (excluding diaryl/α,β-unsaturated/α-hetero) is 1. The normalized spacial score (nSPS) is 18.4. The third-order valence-electron chi connectivity index (χ3n) is 4.85. The Morgan fingerprint density at radius 3 is 2.27 bits per heavy atom. The zero-order valence-corrected chi connectivity index (χ0v) is 16.5. The van der Waals surface area contributed by atoms with Crippen LogP contribution in [0.1, 0.15) is 43.5 Å². The summed E-state index contributed by atoms with van der Waals surface area (Å²) in [6, 6.07) is 13.7. The van der Waals surface area contributed by atoms with Crippen LogP contribution in [0.3, 0.4) is 0 Å². The van der Waals surface area contributed by atoms with E-state index in [2.05, 4.69) is 0 Å². The maximum atomic E-state index is 13.3. The predicted octanol–water partition coefficient (Wildman–Crippen LogP) is 3.90. The highest BCUT2D eigenvalue weighted by Crippen LogP contribution is 2.38. The van der Waals surface area contributed by atoms with Crippen LogP contribution in [-0.2, 0) is 21.2 Å². The molecule has 1 aliphatic heterocycles. The fourth-order valence-electron chi connectivity index (χ4n) is 3.33. The minimum Gasteiger partial charge on any atom is -0.297 e. The number of aryl methyl sites for hydroxylation is 1. The summed E-state index contributed by atoms with van der Waals surface area (Å²) in [5.74, 6) is -0.0830. The van der Waals surface area contributed by atoms with E-state index in [1.165, 1.54) is 4.31 Å². The number of fused-ring (bicyclic) bond motifs is 1. The number of hydrogen-bond acceptors (Lipinski definition) is 3. The van der Waals surface area contributed by atoms with Gasteiger partial charge in [-0.2, -0.15) is 4.31 Å². The van der Waals surface area contributed by atoms with E-state index in [4.69, 9.17) is 0 Å². The highest BCUT2D eigenvalue weighted by Gasteiger charge is 2.43. The lowest BCUT2D eigenvalue weighted by atomic mass is 9.81. The first-order valence-corrected chi connectivity index (χ1v) is 10.3. The van der Waals surface area contributed by atoms with Crippen LogP contribution in [0.2, 0.25) is 0 Å². The van der Waals surface area contributed by atoms with Gasteiger partial charge in [-0.05, 0) is 36.6 Å². The molecule has 1 aliphatic rings. The molecule has 0 amide bonds. The minimum absolute atomic E-state index is 0.0830. The second-order valence-corrected chi connectivity index (χ2v) is 9.78. The molecule has 26 heavy (non-hydrogen) atoms.